The number of rotatable bonds is 8. The van der Waals surface area contributed by atoms with E-state index in [-0.39, 0.29) is 0 Å². The zero-order chi connectivity index (χ0) is 21.9. The Labute approximate surface area is 173 Å². The van der Waals surface area contributed by atoms with E-state index in [2.05, 4.69) is 20.3 Å². The molecule has 1 aromatic carbocycles. The lowest BCUT2D eigenvalue weighted by Crippen LogP contribution is -2.22. The molecule has 0 spiro atoms. The molecule has 0 aliphatic rings. The third kappa shape index (κ3) is 4.78. The number of benzene rings is 1. The number of anilines is 1. The Morgan fingerprint density at radius 2 is 2.07 bits per heavy atom. The maximum atomic E-state index is 13.1. The summed E-state index contributed by atoms with van der Waals surface area (Å²) in [5.74, 6) is 6.08. The molecular weight excluding hydrogens is 421 g/mol. The van der Waals surface area contributed by atoms with Crippen LogP contribution < -0.4 is 16.2 Å². The van der Waals surface area contributed by atoms with E-state index in [0.29, 0.717) is 40.5 Å². The molecule has 0 saturated carbocycles. The van der Waals surface area contributed by atoms with Crippen LogP contribution in [-0.4, -0.2) is 18.7 Å². The summed E-state index contributed by atoms with van der Waals surface area (Å²) in [6.45, 7) is 4.04. The molecule has 12 heteroatoms. The number of nitrogens with zero attached hydrogens (tertiary/aromatic N) is 3. The number of alkyl halides is 3. The lowest BCUT2D eigenvalue weighted by Gasteiger charge is -2.15. The number of hydrogen-bond acceptors (Lipinski definition) is 6. The van der Waals surface area contributed by atoms with Crippen LogP contribution in [0.5, 0.6) is 0 Å². The van der Waals surface area contributed by atoms with Gasteiger partial charge in [-0.1, -0.05) is 6.92 Å². The van der Waals surface area contributed by atoms with Gasteiger partial charge in [-0.15, -0.1) is 4.89 Å². The third-order valence-corrected chi connectivity index (χ3v) is 5.23. The highest BCUT2D eigenvalue weighted by Gasteiger charge is 2.31. The van der Waals surface area contributed by atoms with Gasteiger partial charge in [0.1, 0.15) is 28.7 Å². The fourth-order valence-electron chi connectivity index (χ4n) is 2.88. The molecule has 3 aromatic rings. The predicted octanol–water partition coefficient (Wildman–Crippen LogP) is 3.45. The number of aromatic nitrogens is 3. The molecule has 0 radical (unpaired) electrons. The van der Waals surface area contributed by atoms with Crippen molar-refractivity contribution < 1.29 is 22.2 Å². The zero-order valence-electron chi connectivity index (χ0n) is 16.2. The molecule has 2 heterocycles. The Kier molecular flexibility index (Phi) is 6.71. The summed E-state index contributed by atoms with van der Waals surface area (Å²) in [6, 6.07) is 6.53. The van der Waals surface area contributed by atoms with E-state index >= 15 is 0 Å². The lowest BCUT2D eigenvalue weighted by atomic mass is 10.2. The molecule has 4 N–H and O–H groups in total. The Morgan fingerprint density at radius 1 is 1.30 bits per heavy atom. The van der Waals surface area contributed by atoms with E-state index in [9.17, 15) is 17.4 Å². The maximum absolute atomic E-state index is 13.1. The Bertz CT molecular complexity index is 1040. The number of nitrogen functional groups attached to an aromatic ring is 1. The number of imidazole rings is 1. The van der Waals surface area contributed by atoms with Crippen molar-refractivity contribution in [1.29, 1.82) is 0 Å². The number of nitrogens with two attached hydrogens (primary N) is 1. The molecule has 3 rings (SSSR count). The molecule has 0 saturated heterocycles. The van der Waals surface area contributed by atoms with Crippen molar-refractivity contribution in [3.8, 4) is 0 Å². The molecule has 0 aliphatic heterocycles. The van der Waals surface area contributed by atoms with Crippen molar-refractivity contribution in [1.82, 2.24) is 19.4 Å². The molecule has 162 valence electrons. The summed E-state index contributed by atoms with van der Waals surface area (Å²) in [5, 5.41) is 0. The zero-order valence-corrected chi connectivity index (χ0v) is 17.0. The summed E-state index contributed by atoms with van der Waals surface area (Å²) < 4.78 is 53.3. The highest BCUT2D eigenvalue weighted by Crippen LogP contribution is 2.32. The summed E-state index contributed by atoms with van der Waals surface area (Å²) in [6.07, 6.45) is -3.06. The Hall–Kier alpha value is -2.54. The smallest absolute Gasteiger partial charge is 0.326 e. The lowest BCUT2D eigenvalue weighted by molar-refractivity contribution is -0.137. The van der Waals surface area contributed by atoms with Crippen LogP contribution in [0.1, 0.15) is 37.8 Å². The monoisotopic (exact) mass is 442 g/mol. The van der Waals surface area contributed by atoms with Crippen LogP contribution in [0.2, 0.25) is 0 Å². The van der Waals surface area contributed by atoms with Gasteiger partial charge in [0.15, 0.2) is 0 Å². The number of halogens is 3. The number of pyridine rings is 1. The molecule has 30 heavy (non-hydrogen) atoms. The first-order valence-corrected chi connectivity index (χ1v) is 10.2. The normalized spacial score (nSPS) is 14.1. The standard InChI is InChI=1S/C18H21F3N6O2S/c1-3-8-27-15-9-12(18(19,20)21)4-6-14(15)24-17(27)11(2)29-26-30(28)13-5-7-16(25-22)23-10-13/h4-7,9-11,26H,3,8,22H2,1-2H3,(H,23,25)/t11-,30?/m1/s1. The predicted molar refractivity (Wildman–Crippen MR) is 106 cm³/mol. The van der Waals surface area contributed by atoms with Crippen LogP contribution in [0.15, 0.2) is 41.4 Å². The summed E-state index contributed by atoms with van der Waals surface area (Å²) in [4.78, 5) is 16.7. The van der Waals surface area contributed by atoms with Gasteiger partial charge in [0.05, 0.1) is 21.5 Å². The van der Waals surface area contributed by atoms with Crippen molar-refractivity contribution in [2.24, 2.45) is 5.84 Å². The van der Waals surface area contributed by atoms with Crippen molar-refractivity contribution >= 4 is 27.8 Å². The summed E-state index contributed by atoms with van der Waals surface area (Å²) in [5.41, 5.74) is 2.42. The van der Waals surface area contributed by atoms with Gasteiger partial charge in [0.2, 0.25) is 0 Å². The summed E-state index contributed by atoms with van der Waals surface area (Å²) in [7, 11) is -1.72. The Morgan fingerprint density at radius 3 is 2.67 bits per heavy atom. The minimum absolute atomic E-state index is 0.359. The van der Waals surface area contributed by atoms with Crippen molar-refractivity contribution in [3.05, 3.63) is 47.9 Å². The van der Waals surface area contributed by atoms with Crippen molar-refractivity contribution in [3.63, 3.8) is 0 Å². The number of hydrogen-bond donors (Lipinski definition) is 3. The van der Waals surface area contributed by atoms with Crippen LogP contribution in [0.4, 0.5) is 19.0 Å². The quantitative estimate of drug-likeness (QED) is 0.364. The van der Waals surface area contributed by atoms with Gasteiger partial charge in [-0.05, 0) is 43.7 Å². The van der Waals surface area contributed by atoms with Gasteiger partial charge in [-0.2, -0.15) is 13.2 Å². The molecule has 0 bridgehead atoms. The van der Waals surface area contributed by atoms with E-state index in [1.54, 1.807) is 23.6 Å². The molecule has 8 nitrogen and oxygen atoms in total. The highest BCUT2D eigenvalue weighted by atomic mass is 32.2. The largest absolute Gasteiger partial charge is 0.416 e. The SMILES string of the molecule is CCCn1c([C@@H](C)ONS(=O)c2ccc(NN)nc2)nc2ccc(C(F)(F)F)cc21. The molecule has 0 amide bonds. The molecular formula is C18H21F3N6O2S. The first-order chi connectivity index (χ1) is 14.2. The first kappa shape index (κ1) is 22.2. The van der Waals surface area contributed by atoms with E-state index < -0.39 is 28.8 Å². The minimum Gasteiger partial charge on any atom is -0.326 e. The van der Waals surface area contributed by atoms with Gasteiger partial charge in [0.25, 0.3) is 0 Å². The van der Waals surface area contributed by atoms with E-state index in [0.717, 1.165) is 12.1 Å². The maximum Gasteiger partial charge on any atom is 0.416 e. The number of nitrogens with one attached hydrogen (secondary N) is 2. The van der Waals surface area contributed by atoms with Crippen LogP contribution in [0, 0.1) is 0 Å². The van der Waals surface area contributed by atoms with Gasteiger partial charge >= 0.3 is 6.18 Å². The van der Waals surface area contributed by atoms with Gasteiger partial charge < -0.3 is 9.99 Å². The molecule has 2 aromatic heterocycles. The van der Waals surface area contributed by atoms with Crippen LogP contribution in [0.25, 0.3) is 11.0 Å². The molecule has 2 atom stereocenters. The first-order valence-electron chi connectivity index (χ1n) is 9.07. The van der Waals surface area contributed by atoms with Crippen molar-refractivity contribution in [2.45, 2.75) is 44.0 Å². The second kappa shape index (κ2) is 9.08. The van der Waals surface area contributed by atoms with Crippen LogP contribution in [-0.2, 0) is 28.5 Å². The topological polar surface area (TPSA) is 107 Å². The Balaban J connectivity index is 1.81. The van der Waals surface area contributed by atoms with E-state index in [4.69, 9.17) is 10.7 Å². The van der Waals surface area contributed by atoms with Crippen LogP contribution >= 0.6 is 0 Å². The second-order valence-corrected chi connectivity index (χ2v) is 7.63. The number of aryl methyl sites for hydroxylation is 1. The second-order valence-electron chi connectivity index (χ2n) is 6.46. The van der Waals surface area contributed by atoms with Gasteiger partial charge in [-0.25, -0.2) is 20.0 Å². The fraction of sp³-hybridized carbons (Fsp3) is 0.333. The molecule has 0 aliphatic carbocycles. The average Bonchev–Trinajstić information content (AvgIpc) is 3.09. The number of hydrazine groups is 1. The van der Waals surface area contributed by atoms with Gasteiger partial charge in [-0.3, -0.25) is 4.84 Å². The number of fused-ring (bicyclic) bond motifs is 1. The van der Waals surface area contributed by atoms with E-state index in [1.165, 1.54) is 12.3 Å². The molecule has 0 fully saturated rings. The van der Waals surface area contributed by atoms with Gasteiger partial charge in [0, 0.05) is 12.7 Å². The average molecular weight is 442 g/mol. The fourth-order valence-corrected chi connectivity index (χ4v) is 3.55. The minimum atomic E-state index is -4.45. The van der Waals surface area contributed by atoms with Crippen LogP contribution in [0.3, 0.4) is 0 Å². The highest BCUT2D eigenvalue weighted by molar-refractivity contribution is 7.82. The van der Waals surface area contributed by atoms with Crippen molar-refractivity contribution in [2.75, 3.05) is 5.43 Å². The molecule has 1 unspecified atom stereocenters. The third-order valence-electron chi connectivity index (χ3n) is 4.31. The summed E-state index contributed by atoms with van der Waals surface area (Å²) >= 11 is 0. The van der Waals surface area contributed by atoms with E-state index in [1.807, 2.05) is 6.92 Å².